The highest BCUT2D eigenvalue weighted by Gasteiger charge is 1.96. The minimum atomic E-state index is 0.425. The number of pyridine rings is 1. The number of ether oxygens (including phenoxy) is 1. The van der Waals surface area contributed by atoms with Crippen LogP contribution >= 0.6 is 0 Å². The monoisotopic (exact) mass is 174 g/mol. The lowest BCUT2D eigenvalue weighted by molar-refractivity contribution is 0.339. The summed E-state index contributed by atoms with van der Waals surface area (Å²) in [5.41, 5.74) is 2.37. The molecule has 0 unspecified atom stereocenters. The maximum atomic E-state index is 8.52. The Labute approximate surface area is 77.3 Å². The predicted molar refractivity (Wildman–Crippen MR) is 49.6 cm³/mol. The molecule has 0 radical (unpaired) electrons. The lowest BCUT2D eigenvalue weighted by Gasteiger charge is -1.99. The summed E-state index contributed by atoms with van der Waals surface area (Å²) in [4.78, 5) is 3.94. The molecule has 1 rings (SSSR count). The summed E-state index contributed by atoms with van der Waals surface area (Å²) in [6.07, 6.45) is 3.30. The number of hydrogen-bond acceptors (Lipinski definition) is 3. The molecule has 66 valence electrons. The Bertz CT molecular complexity index is 346. The largest absolute Gasteiger partial charge is 0.504 e. The first-order valence-electron chi connectivity index (χ1n) is 3.84. The van der Waals surface area contributed by atoms with Gasteiger partial charge in [0, 0.05) is 6.20 Å². The fourth-order valence-electron chi connectivity index (χ4n) is 0.938. The van der Waals surface area contributed by atoms with Crippen molar-refractivity contribution in [3.8, 4) is 6.07 Å². The van der Waals surface area contributed by atoms with E-state index in [1.165, 1.54) is 0 Å². The molecular formula is C10H10N2O. The fraction of sp³-hybridized carbons (Fsp3) is 0.200. The summed E-state index contributed by atoms with van der Waals surface area (Å²) < 4.78 is 4.86. The van der Waals surface area contributed by atoms with Crippen LogP contribution in [0.15, 0.2) is 24.6 Å². The normalized spacial score (nSPS) is 10.7. The van der Waals surface area contributed by atoms with Gasteiger partial charge in [0.05, 0.1) is 13.4 Å². The van der Waals surface area contributed by atoms with E-state index in [2.05, 4.69) is 4.98 Å². The first-order chi connectivity index (χ1) is 6.27. The molecule has 0 aliphatic carbocycles. The molecule has 0 bridgehead atoms. The van der Waals surface area contributed by atoms with Gasteiger partial charge in [-0.05, 0) is 24.1 Å². The van der Waals surface area contributed by atoms with E-state index in [9.17, 15) is 0 Å². The van der Waals surface area contributed by atoms with Crippen LogP contribution in [-0.4, -0.2) is 12.1 Å². The van der Waals surface area contributed by atoms with Crippen LogP contribution in [0, 0.1) is 11.3 Å². The van der Waals surface area contributed by atoms with E-state index in [0.717, 1.165) is 11.1 Å². The molecule has 13 heavy (non-hydrogen) atoms. The van der Waals surface area contributed by atoms with Crippen LogP contribution in [0.25, 0.3) is 5.57 Å². The Morgan fingerprint density at radius 3 is 2.85 bits per heavy atom. The Hall–Kier alpha value is -1.82. The molecule has 0 atom stereocenters. The maximum absolute atomic E-state index is 8.52. The van der Waals surface area contributed by atoms with E-state index >= 15 is 0 Å². The van der Waals surface area contributed by atoms with Crippen molar-refractivity contribution in [1.82, 2.24) is 4.98 Å². The van der Waals surface area contributed by atoms with Crippen molar-refractivity contribution >= 4 is 5.57 Å². The first kappa shape index (κ1) is 9.27. The molecule has 1 aromatic heterocycles. The lowest BCUT2D eigenvalue weighted by atomic mass is 10.1. The van der Waals surface area contributed by atoms with Crippen molar-refractivity contribution in [3.63, 3.8) is 0 Å². The third-order valence-electron chi connectivity index (χ3n) is 1.63. The third-order valence-corrected chi connectivity index (χ3v) is 1.63. The Kier molecular flexibility index (Phi) is 3.04. The van der Waals surface area contributed by atoms with Crippen molar-refractivity contribution in [3.05, 3.63) is 35.8 Å². The summed E-state index contributed by atoms with van der Waals surface area (Å²) in [5, 5.41) is 8.52. The van der Waals surface area contributed by atoms with Gasteiger partial charge >= 0.3 is 0 Å². The second kappa shape index (κ2) is 4.27. The standard InChI is InChI=1S/C10H10N2O/c1-8(7-13-2)9-3-4-10(5-11)12-6-9/h3-4,6-7H,1-2H3/b8-7+. The molecule has 1 aromatic rings. The summed E-state index contributed by atoms with van der Waals surface area (Å²) in [7, 11) is 1.60. The fourth-order valence-corrected chi connectivity index (χ4v) is 0.938. The molecule has 0 fully saturated rings. The van der Waals surface area contributed by atoms with Crippen molar-refractivity contribution in [1.29, 1.82) is 5.26 Å². The van der Waals surface area contributed by atoms with Crippen molar-refractivity contribution in [2.45, 2.75) is 6.92 Å². The highest BCUT2D eigenvalue weighted by atomic mass is 16.5. The molecule has 0 aromatic carbocycles. The molecular weight excluding hydrogens is 164 g/mol. The van der Waals surface area contributed by atoms with Gasteiger partial charge in [0.1, 0.15) is 11.8 Å². The summed E-state index contributed by atoms with van der Waals surface area (Å²) in [5.74, 6) is 0. The number of allylic oxidation sites excluding steroid dienone is 1. The van der Waals surface area contributed by atoms with Gasteiger partial charge in [0.15, 0.2) is 0 Å². The quantitative estimate of drug-likeness (QED) is 0.644. The molecule has 1 heterocycles. The molecule has 3 heteroatoms. The molecule has 0 saturated heterocycles. The highest BCUT2D eigenvalue weighted by molar-refractivity contribution is 5.61. The van der Waals surface area contributed by atoms with E-state index < -0.39 is 0 Å². The number of hydrogen-bond donors (Lipinski definition) is 0. The van der Waals surface area contributed by atoms with Gasteiger partial charge in [0.2, 0.25) is 0 Å². The van der Waals surface area contributed by atoms with Gasteiger partial charge in [0.25, 0.3) is 0 Å². The van der Waals surface area contributed by atoms with Crippen LogP contribution in [-0.2, 0) is 4.74 Å². The molecule has 0 N–H and O–H groups in total. The van der Waals surface area contributed by atoms with Gasteiger partial charge in [-0.25, -0.2) is 4.98 Å². The predicted octanol–water partition coefficient (Wildman–Crippen LogP) is 1.96. The van der Waals surface area contributed by atoms with Gasteiger partial charge in [-0.2, -0.15) is 5.26 Å². The number of nitriles is 1. The van der Waals surface area contributed by atoms with E-state index in [1.54, 1.807) is 25.6 Å². The van der Waals surface area contributed by atoms with Crippen LogP contribution in [0.1, 0.15) is 18.2 Å². The van der Waals surface area contributed by atoms with Crippen LogP contribution in [0.5, 0.6) is 0 Å². The topological polar surface area (TPSA) is 45.9 Å². The number of aromatic nitrogens is 1. The minimum absolute atomic E-state index is 0.425. The smallest absolute Gasteiger partial charge is 0.140 e. The zero-order valence-electron chi connectivity index (χ0n) is 7.61. The van der Waals surface area contributed by atoms with Crippen molar-refractivity contribution in [2.75, 3.05) is 7.11 Å². The SMILES string of the molecule is CO/C=C(\C)c1ccc(C#N)nc1. The highest BCUT2D eigenvalue weighted by Crippen LogP contribution is 2.11. The minimum Gasteiger partial charge on any atom is -0.504 e. The Morgan fingerprint density at radius 2 is 2.38 bits per heavy atom. The van der Waals surface area contributed by atoms with Crippen LogP contribution in [0.4, 0.5) is 0 Å². The molecule has 0 aliphatic heterocycles. The van der Waals surface area contributed by atoms with E-state index in [-0.39, 0.29) is 0 Å². The number of methoxy groups -OCH3 is 1. The number of nitrogens with zero attached hydrogens (tertiary/aromatic N) is 2. The van der Waals surface area contributed by atoms with Crippen LogP contribution in [0.3, 0.4) is 0 Å². The first-order valence-corrected chi connectivity index (χ1v) is 3.84. The van der Waals surface area contributed by atoms with Crippen molar-refractivity contribution in [2.24, 2.45) is 0 Å². The molecule has 0 spiro atoms. The second-order valence-electron chi connectivity index (χ2n) is 2.58. The van der Waals surface area contributed by atoms with Crippen molar-refractivity contribution < 1.29 is 4.74 Å². The zero-order valence-corrected chi connectivity index (χ0v) is 7.61. The van der Waals surface area contributed by atoms with Gasteiger partial charge < -0.3 is 4.74 Å². The zero-order chi connectivity index (χ0) is 9.68. The van der Waals surface area contributed by atoms with Crippen LogP contribution in [0.2, 0.25) is 0 Å². The molecule has 0 aliphatic rings. The van der Waals surface area contributed by atoms with E-state index in [1.807, 2.05) is 19.1 Å². The molecule has 0 saturated carbocycles. The Morgan fingerprint density at radius 1 is 1.62 bits per heavy atom. The van der Waals surface area contributed by atoms with Gasteiger partial charge in [-0.15, -0.1) is 0 Å². The summed E-state index contributed by atoms with van der Waals surface area (Å²) in [6, 6.07) is 5.49. The van der Waals surface area contributed by atoms with Gasteiger partial charge in [-0.3, -0.25) is 0 Å². The molecule has 3 nitrogen and oxygen atoms in total. The number of rotatable bonds is 2. The summed E-state index contributed by atoms with van der Waals surface area (Å²) in [6.45, 7) is 1.92. The van der Waals surface area contributed by atoms with E-state index in [4.69, 9.17) is 10.00 Å². The second-order valence-corrected chi connectivity index (χ2v) is 2.58. The van der Waals surface area contributed by atoms with E-state index in [0.29, 0.717) is 5.69 Å². The average molecular weight is 174 g/mol. The summed E-state index contributed by atoms with van der Waals surface area (Å²) >= 11 is 0. The van der Waals surface area contributed by atoms with Crippen LogP contribution < -0.4 is 0 Å². The molecule has 0 amide bonds. The van der Waals surface area contributed by atoms with Gasteiger partial charge in [-0.1, -0.05) is 6.07 Å². The maximum Gasteiger partial charge on any atom is 0.140 e. The average Bonchev–Trinajstić information content (AvgIpc) is 2.18. The third kappa shape index (κ3) is 2.31. The lowest BCUT2D eigenvalue weighted by Crippen LogP contribution is -1.85. The Balaban J connectivity index is 2.94.